The lowest BCUT2D eigenvalue weighted by Gasteiger charge is -2.20. The first-order valence-corrected chi connectivity index (χ1v) is 10.4. The fourth-order valence-corrected chi connectivity index (χ4v) is 3.74. The summed E-state index contributed by atoms with van der Waals surface area (Å²) in [5, 5.41) is 13.8. The van der Waals surface area contributed by atoms with Crippen molar-refractivity contribution < 1.29 is 14.3 Å². The number of carbonyl (C=O) groups is 2. The molecule has 0 radical (unpaired) electrons. The molecule has 8 heteroatoms. The fraction of sp³-hybridized carbons (Fsp3) is 0.304. The van der Waals surface area contributed by atoms with Gasteiger partial charge in [-0.3, -0.25) is 9.59 Å². The molecule has 3 heterocycles. The van der Waals surface area contributed by atoms with Crippen molar-refractivity contribution in [2.45, 2.75) is 39.1 Å². The lowest BCUT2D eigenvalue weighted by atomic mass is 10.0. The van der Waals surface area contributed by atoms with Crippen LogP contribution in [0.1, 0.15) is 57.2 Å². The van der Waals surface area contributed by atoms with Crippen LogP contribution in [-0.2, 0) is 24.4 Å². The van der Waals surface area contributed by atoms with E-state index in [1.165, 1.54) is 0 Å². The van der Waals surface area contributed by atoms with Crippen LogP contribution >= 0.6 is 0 Å². The van der Waals surface area contributed by atoms with E-state index in [0.717, 1.165) is 17.7 Å². The Morgan fingerprint density at radius 2 is 2.00 bits per heavy atom. The van der Waals surface area contributed by atoms with Gasteiger partial charge in [-0.1, -0.05) is 37.3 Å². The molecular formula is C23H25N5O3. The molecule has 8 nitrogen and oxygen atoms in total. The van der Waals surface area contributed by atoms with Crippen molar-refractivity contribution >= 4 is 11.8 Å². The van der Waals surface area contributed by atoms with E-state index in [-0.39, 0.29) is 24.4 Å². The zero-order valence-electron chi connectivity index (χ0n) is 17.4. The van der Waals surface area contributed by atoms with Crippen molar-refractivity contribution in [3.05, 3.63) is 82.9 Å². The second-order valence-electron chi connectivity index (χ2n) is 7.34. The number of amides is 2. The van der Waals surface area contributed by atoms with Crippen LogP contribution in [0.4, 0.5) is 0 Å². The van der Waals surface area contributed by atoms with Gasteiger partial charge in [0.1, 0.15) is 5.69 Å². The summed E-state index contributed by atoms with van der Waals surface area (Å²) in [5.74, 6) is -0.471. The van der Waals surface area contributed by atoms with Crippen LogP contribution in [-0.4, -0.2) is 33.2 Å². The predicted octanol–water partition coefficient (Wildman–Crippen LogP) is 2.62. The van der Waals surface area contributed by atoms with E-state index in [1.54, 1.807) is 24.4 Å². The van der Waals surface area contributed by atoms with Gasteiger partial charge >= 0.3 is 0 Å². The number of nitrogens with zero attached hydrogens (tertiary/aromatic N) is 3. The maximum atomic E-state index is 13.1. The average molecular weight is 419 g/mol. The summed E-state index contributed by atoms with van der Waals surface area (Å²) >= 11 is 0. The summed E-state index contributed by atoms with van der Waals surface area (Å²) in [6.07, 6.45) is 2.34. The zero-order chi connectivity index (χ0) is 21.6. The van der Waals surface area contributed by atoms with Crippen LogP contribution in [0, 0.1) is 0 Å². The molecule has 0 aliphatic carbocycles. The Morgan fingerprint density at radius 1 is 1.16 bits per heavy atom. The Labute approximate surface area is 180 Å². The molecule has 0 saturated heterocycles. The average Bonchev–Trinajstić information content (AvgIpc) is 3.22. The largest absolute Gasteiger partial charge is 0.373 e. The molecule has 0 spiro atoms. The first-order chi connectivity index (χ1) is 15.2. The van der Waals surface area contributed by atoms with Gasteiger partial charge < -0.3 is 19.9 Å². The zero-order valence-corrected chi connectivity index (χ0v) is 17.4. The SMILES string of the molecule is CCC(NC(=O)c1cc(C(=O)NCc2cccnn2)n2c1COCC2)c1ccccc1. The van der Waals surface area contributed by atoms with Gasteiger partial charge in [0.2, 0.25) is 0 Å². The molecule has 1 aliphatic heterocycles. The fourth-order valence-electron chi connectivity index (χ4n) is 3.74. The lowest BCUT2D eigenvalue weighted by molar-refractivity contribution is 0.0776. The summed E-state index contributed by atoms with van der Waals surface area (Å²) in [6, 6.07) is 15.0. The Hall–Kier alpha value is -3.52. The Balaban J connectivity index is 1.55. The highest BCUT2D eigenvalue weighted by molar-refractivity contribution is 6.00. The molecular weight excluding hydrogens is 394 g/mol. The van der Waals surface area contributed by atoms with Gasteiger partial charge in [-0.15, -0.1) is 0 Å². The number of carbonyl (C=O) groups excluding carboxylic acids is 2. The molecule has 2 N–H and O–H groups in total. The molecule has 1 unspecified atom stereocenters. The van der Waals surface area contributed by atoms with E-state index in [1.807, 2.05) is 41.8 Å². The van der Waals surface area contributed by atoms with Crippen LogP contribution in [0.25, 0.3) is 0 Å². The number of hydrogen-bond donors (Lipinski definition) is 2. The molecule has 1 atom stereocenters. The Morgan fingerprint density at radius 3 is 2.74 bits per heavy atom. The minimum atomic E-state index is -0.261. The van der Waals surface area contributed by atoms with Crippen LogP contribution in [0.2, 0.25) is 0 Å². The number of nitrogens with one attached hydrogen (secondary N) is 2. The summed E-state index contributed by atoms with van der Waals surface area (Å²) in [5.41, 5.74) is 3.34. The number of benzene rings is 1. The molecule has 31 heavy (non-hydrogen) atoms. The molecule has 0 bridgehead atoms. The van der Waals surface area contributed by atoms with Crippen LogP contribution < -0.4 is 10.6 Å². The standard InChI is InChI=1S/C23H25N5O3/c1-2-19(16-7-4-3-5-8-16)26-22(29)18-13-20(28-11-12-31-15-21(18)28)23(30)24-14-17-9-6-10-25-27-17/h3-10,13,19H,2,11-12,14-15H2,1H3,(H,24,30)(H,26,29). The maximum absolute atomic E-state index is 13.1. The van der Waals surface area contributed by atoms with Crippen molar-refractivity contribution in [2.75, 3.05) is 6.61 Å². The van der Waals surface area contributed by atoms with Crippen LogP contribution in [0.5, 0.6) is 0 Å². The smallest absolute Gasteiger partial charge is 0.268 e. The predicted molar refractivity (Wildman–Crippen MR) is 114 cm³/mol. The molecule has 1 aromatic carbocycles. The van der Waals surface area contributed by atoms with Gasteiger partial charge in [0, 0.05) is 12.7 Å². The summed E-state index contributed by atoms with van der Waals surface area (Å²) in [7, 11) is 0. The van der Waals surface area contributed by atoms with E-state index in [0.29, 0.717) is 36.7 Å². The van der Waals surface area contributed by atoms with Crippen molar-refractivity contribution in [3.8, 4) is 0 Å². The summed E-state index contributed by atoms with van der Waals surface area (Å²) < 4.78 is 7.44. The molecule has 0 fully saturated rings. The second kappa shape index (κ2) is 9.53. The summed E-state index contributed by atoms with van der Waals surface area (Å²) in [6.45, 7) is 3.60. The minimum Gasteiger partial charge on any atom is -0.373 e. The minimum absolute atomic E-state index is 0.109. The Bertz CT molecular complexity index is 1050. The third-order valence-corrected chi connectivity index (χ3v) is 5.36. The van der Waals surface area contributed by atoms with Crippen LogP contribution in [0.15, 0.2) is 54.7 Å². The van der Waals surface area contributed by atoms with Gasteiger partial charge in [-0.05, 0) is 30.2 Å². The number of rotatable bonds is 7. The van der Waals surface area contributed by atoms with Gasteiger partial charge in [-0.2, -0.15) is 10.2 Å². The Kier molecular flexibility index (Phi) is 6.37. The second-order valence-corrected chi connectivity index (χ2v) is 7.34. The highest BCUT2D eigenvalue weighted by Gasteiger charge is 2.27. The van der Waals surface area contributed by atoms with Crippen molar-refractivity contribution in [3.63, 3.8) is 0 Å². The highest BCUT2D eigenvalue weighted by Crippen LogP contribution is 2.23. The topological polar surface area (TPSA) is 98.1 Å². The third-order valence-electron chi connectivity index (χ3n) is 5.36. The third kappa shape index (κ3) is 4.64. The molecule has 2 aromatic heterocycles. The number of fused-ring (bicyclic) bond motifs is 1. The quantitative estimate of drug-likeness (QED) is 0.614. The van der Waals surface area contributed by atoms with E-state index >= 15 is 0 Å². The van der Waals surface area contributed by atoms with E-state index in [2.05, 4.69) is 20.8 Å². The first-order valence-electron chi connectivity index (χ1n) is 10.4. The number of aromatic nitrogens is 3. The first kappa shape index (κ1) is 20.7. The van der Waals surface area contributed by atoms with E-state index in [9.17, 15) is 9.59 Å². The molecule has 4 rings (SSSR count). The molecule has 0 saturated carbocycles. The molecule has 160 valence electrons. The molecule has 1 aliphatic rings. The van der Waals surface area contributed by atoms with Gasteiger partial charge in [0.05, 0.1) is 42.8 Å². The maximum Gasteiger partial charge on any atom is 0.268 e. The van der Waals surface area contributed by atoms with Gasteiger partial charge in [0.15, 0.2) is 0 Å². The number of ether oxygens (including phenoxy) is 1. The number of hydrogen-bond acceptors (Lipinski definition) is 5. The normalized spacial score (nSPS) is 13.8. The van der Waals surface area contributed by atoms with Crippen LogP contribution in [0.3, 0.4) is 0 Å². The lowest BCUT2D eigenvalue weighted by Crippen LogP contribution is -2.30. The van der Waals surface area contributed by atoms with Gasteiger partial charge in [-0.25, -0.2) is 0 Å². The molecule has 3 aromatic rings. The van der Waals surface area contributed by atoms with Crippen molar-refractivity contribution in [1.82, 2.24) is 25.4 Å². The molecule has 2 amide bonds. The van der Waals surface area contributed by atoms with Crippen molar-refractivity contribution in [2.24, 2.45) is 0 Å². The van der Waals surface area contributed by atoms with E-state index < -0.39 is 0 Å². The van der Waals surface area contributed by atoms with E-state index in [4.69, 9.17) is 4.74 Å². The summed E-state index contributed by atoms with van der Waals surface area (Å²) in [4.78, 5) is 26.0. The van der Waals surface area contributed by atoms with Gasteiger partial charge in [0.25, 0.3) is 11.8 Å². The highest BCUT2D eigenvalue weighted by atomic mass is 16.5. The monoisotopic (exact) mass is 419 g/mol. The van der Waals surface area contributed by atoms with Crippen molar-refractivity contribution in [1.29, 1.82) is 0 Å².